The summed E-state index contributed by atoms with van der Waals surface area (Å²) in [6.07, 6.45) is -4.34. The normalized spacial score (nSPS) is 11.4. The summed E-state index contributed by atoms with van der Waals surface area (Å²) < 4.78 is 41.7. The molecule has 3 aromatic rings. The van der Waals surface area contributed by atoms with E-state index in [4.69, 9.17) is 4.74 Å². The molecule has 1 heterocycles. The molecular weight excluding hydrogens is 375 g/mol. The second kappa shape index (κ2) is 8.12. The van der Waals surface area contributed by atoms with Crippen molar-refractivity contribution in [1.82, 2.24) is 9.97 Å². The van der Waals surface area contributed by atoms with Crippen molar-refractivity contribution in [1.29, 1.82) is 0 Å². The first kappa shape index (κ1) is 19.4. The Balaban J connectivity index is 1.64. The molecule has 2 N–H and O–H groups in total. The predicted molar refractivity (Wildman–Crippen MR) is 97.3 cm³/mol. The van der Waals surface area contributed by atoms with Crippen LogP contribution < -0.4 is 15.6 Å². The molecule has 3 rings (SSSR count). The van der Waals surface area contributed by atoms with Crippen LogP contribution in [0.25, 0.3) is 10.9 Å². The smallest absolute Gasteiger partial charge is 0.422 e. The number of nitrogens with zero attached hydrogens (tertiary/aromatic N) is 1. The van der Waals surface area contributed by atoms with E-state index in [9.17, 15) is 22.8 Å². The summed E-state index contributed by atoms with van der Waals surface area (Å²) in [5, 5.41) is 2.97. The third-order valence-electron chi connectivity index (χ3n) is 3.80. The lowest BCUT2D eigenvalue weighted by atomic mass is 10.2. The largest absolute Gasteiger partial charge is 0.482 e. The minimum Gasteiger partial charge on any atom is -0.482 e. The Morgan fingerprint density at radius 3 is 2.61 bits per heavy atom. The monoisotopic (exact) mass is 391 g/mol. The number of para-hydroxylation sites is 3. The van der Waals surface area contributed by atoms with Crippen molar-refractivity contribution in [2.24, 2.45) is 0 Å². The molecule has 0 saturated heterocycles. The first-order valence-corrected chi connectivity index (χ1v) is 8.38. The number of ether oxygens (including phenoxy) is 1. The van der Waals surface area contributed by atoms with Gasteiger partial charge in [-0.1, -0.05) is 24.3 Å². The summed E-state index contributed by atoms with van der Waals surface area (Å²) in [6, 6.07) is 12.7. The van der Waals surface area contributed by atoms with Gasteiger partial charge in [0.15, 0.2) is 6.61 Å². The Bertz CT molecular complexity index is 1050. The van der Waals surface area contributed by atoms with Crippen LogP contribution in [0.1, 0.15) is 12.2 Å². The van der Waals surface area contributed by atoms with Crippen LogP contribution in [0.5, 0.6) is 5.75 Å². The van der Waals surface area contributed by atoms with Crippen molar-refractivity contribution < 1.29 is 22.7 Å². The molecule has 0 fully saturated rings. The average molecular weight is 391 g/mol. The zero-order chi connectivity index (χ0) is 20.1. The Morgan fingerprint density at radius 2 is 1.82 bits per heavy atom. The van der Waals surface area contributed by atoms with Gasteiger partial charge in [0.05, 0.1) is 16.6 Å². The topological polar surface area (TPSA) is 84.1 Å². The molecule has 0 aliphatic carbocycles. The van der Waals surface area contributed by atoms with Crippen molar-refractivity contribution in [3.63, 3.8) is 0 Å². The third-order valence-corrected chi connectivity index (χ3v) is 3.80. The van der Waals surface area contributed by atoms with Gasteiger partial charge in [0.25, 0.3) is 5.56 Å². The Hall–Kier alpha value is -3.36. The lowest BCUT2D eigenvalue weighted by Gasteiger charge is -2.13. The van der Waals surface area contributed by atoms with E-state index >= 15 is 0 Å². The number of aromatic nitrogens is 2. The molecule has 0 spiro atoms. The SMILES string of the molecule is O=C(CCc1nc2ccccc2c(=O)[nH]1)Nc1ccccc1OCC(F)(F)F. The van der Waals surface area contributed by atoms with Crippen molar-refractivity contribution >= 4 is 22.5 Å². The number of carbonyl (C=O) groups is 1. The number of aryl methyl sites for hydroxylation is 1. The quantitative estimate of drug-likeness (QED) is 0.674. The van der Waals surface area contributed by atoms with Crippen molar-refractivity contribution in [2.45, 2.75) is 19.0 Å². The zero-order valence-corrected chi connectivity index (χ0v) is 14.5. The first-order chi connectivity index (χ1) is 13.3. The Morgan fingerprint density at radius 1 is 1.11 bits per heavy atom. The van der Waals surface area contributed by atoms with E-state index in [1.54, 1.807) is 30.3 Å². The van der Waals surface area contributed by atoms with Crippen molar-refractivity contribution in [3.05, 3.63) is 64.7 Å². The van der Waals surface area contributed by atoms with Crippen molar-refractivity contribution in [2.75, 3.05) is 11.9 Å². The molecule has 0 aliphatic heterocycles. The number of carbonyl (C=O) groups excluding carboxylic acids is 1. The number of hydrogen-bond acceptors (Lipinski definition) is 4. The van der Waals surface area contributed by atoms with E-state index in [-0.39, 0.29) is 29.8 Å². The number of fused-ring (bicyclic) bond motifs is 1. The van der Waals surface area contributed by atoms with E-state index in [1.807, 2.05) is 0 Å². The highest BCUT2D eigenvalue weighted by Gasteiger charge is 2.28. The summed E-state index contributed by atoms with van der Waals surface area (Å²) in [7, 11) is 0. The maximum absolute atomic E-state index is 12.3. The van der Waals surface area contributed by atoms with E-state index < -0.39 is 18.7 Å². The van der Waals surface area contributed by atoms with Crippen LogP contribution in [0.4, 0.5) is 18.9 Å². The standard InChI is InChI=1S/C19H16F3N3O3/c20-19(21,22)11-28-15-8-4-3-7-14(15)24-17(26)10-9-16-23-13-6-2-1-5-12(13)18(27)25-16/h1-8H,9-11H2,(H,24,26)(H,23,25,27). The predicted octanol–water partition coefficient (Wildman–Crippen LogP) is 3.44. The number of hydrogen-bond donors (Lipinski definition) is 2. The van der Waals surface area contributed by atoms with Gasteiger partial charge in [-0.25, -0.2) is 4.98 Å². The lowest BCUT2D eigenvalue weighted by Crippen LogP contribution is -2.20. The number of amides is 1. The van der Waals surface area contributed by atoms with Crippen LogP contribution >= 0.6 is 0 Å². The molecule has 146 valence electrons. The van der Waals surface area contributed by atoms with Gasteiger partial charge in [-0.2, -0.15) is 13.2 Å². The molecule has 0 bridgehead atoms. The van der Waals surface area contributed by atoms with Gasteiger partial charge >= 0.3 is 6.18 Å². The van der Waals surface area contributed by atoms with Gasteiger partial charge in [0.2, 0.25) is 5.91 Å². The number of anilines is 1. The molecule has 9 heteroatoms. The van der Waals surface area contributed by atoms with Crippen LogP contribution in [-0.4, -0.2) is 28.7 Å². The summed E-state index contributed by atoms with van der Waals surface area (Å²) in [5.74, 6) is -0.176. The average Bonchev–Trinajstić information content (AvgIpc) is 2.65. The van der Waals surface area contributed by atoms with Gasteiger partial charge in [0, 0.05) is 12.8 Å². The molecular formula is C19H16F3N3O3. The van der Waals surface area contributed by atoms with Gasteiger partial charge < -0.3 is 15.0 Å². The van der Waals surface area contributed by atoms with E-state index in [0.717, 1.165) is 0 Å². The van der Waals surface area contributed by atoms with E-state index in [1.165, 1.54) is 18.2 Å². The molecule has 2 aromatic carbocycles. The second-order valence-corrected chi connectivity index (χ2v) is 5.98. The van der Waals surface area contributed by atoms with Crippen LogP contribution in [0.3, 0.4) is 0 Å². The van der Waals surface area contributed by atoms with Crippen LogP contribution in [0.2, 0.25) is 0 Å². The zero-order valence-electron chi connectivity index (χ0n) is 14.5. The lowest BCUT2D eigenvalue weighted by molar-refractivity contribution is -0.153. The number of alkyl halides is 3. The Kier molecular flexibility index (Phi) is 5.62. The second-order valence-electron chi connectivity index (χ2n) is 5.98. The fraction of sp³-hybridized carbons (Fsp3) is 0.211. The number of rotatable bonds is 6. The third kappa shape index (κ3) is 5.09. The minimum atomic E-state index is -4.48. The summed E-state index contributed by atoms with van der Waals surface area (Å²) >= 11 is 0. The first-order valence-electron chi connectivity index (χ1n) is 8.38. The van der Waals surface area contributed by atoms with Gasteiger partial charge in [-0.3, -0.25) is 9.59 Å². The number of benzene rings is 2. The number of halogens is 3. The molecule has 6 nitrogen and oxygen atoms in total. The Labute approximate surface area is 157 Å². The van der Waals surface area contributed by atoms with E-state index in [2.05, 4.69) is 15.3 Å². The van der Waals surface area contributed by atoms with Crippen molar-refractivity contribution in [3.8, 4) is 5.75 Å². The number of aromatic amines is 1. The maximum atomic E-state index is 12.3. The van der Waals surface area contributed by atoms with Gasteiger partial charge in [-0.15, -0.1) is 0 Å². The highest BCUT2D eigenvalue weighted by Crippen LogP contribution is 2.26. The molecule has 0 atom stereocenters. The highest BCUT2D eigenvalue weighted by molar-refractivity contribution is 5.92. The minimum absolute atomic E-state index is 0.0190. The highest BCUT2D eigenvalue weighted by atomic mass is 19.4. The summed E-state index contributed by atoms with van der Waals surface area (Å²) in [6.45, 7) is -1.46. The van der Waals surface area contributed by atoms with E-state index in [0.29, 0.717) is 16.7 Å². The molecule has 0 saturated carbocycles. The molecule has 0 aliphatic rings. The van der Waals surface area contributed by atoms with Gasteiger partial charge in [0.1, 0.15) is 11.6 Å². The van der Waals surface area contributed by atoms with Crippen LogP contribution in [-0.2, 0) is 11.2 Å². The van der Waals surface area contributed by atoms with Crippen LogP contribution in [0.15, 0.2) is 53.3 Å². The molecule has 1 amide bonds. The summed E-state index contributed by atoms with van der Waals surface area (Å²) in [5.41, 5.74) is 0.358. The number of H-pyrrole nitrogens is 1. The molecule has 1 aromatic heterocycles. The molecule has 28 heavy (non-hydrogen) atoms. The molecule has 0 unspecified atom stereocenters. The fourth-order valence-corrected chi connectivity index (χ4v) is 2.55. The number of nitrogens with one attached hydrogen (secondary N) is 2. The molecule has 0 radical (unpaired) electrons. The fourth-order valence-electron chi connectivity index (χ4n) is 2.55. The van der Waals surface area contributed by atoms with Gasteiger partial charge in [-0.05, 0) is 24.3 Å². The maximum Gasteiger partial charge on any atom is 0.422 e. The van der Waals surface area contributed by atoms with Crippen LogP contribution in [0, 0.1) is 0 Å². The summed E-state index contributed by atoms with van der Waals surface area (Å²) in [4.78, 5) is 31.1.